The highest BCUT2D eigenvalue weighted by atomic mass is 32.5. The van der Waals surface area contributed by atoms with Crippen molar-refractivity contribution in [1.82, 2.24) is 0 Å². The van der Waals surface area contributed by atoms with Crippen molar-refractivity contribution in [2.24, 2.45) is 0 Å². The van der Waals surface area contributed by atoms with Gasteiger partial charge in [0.1, 0.15) is 0 Å². The normalized spacial score (nSPS) is 15.1. The summed E-state index contributed by atoms with van der Waals surface area (Å²) in [5.74, 6) is 0. The van der Waals surface area contributed by atoms with Gasteiger partial charge in [0.2, 0.25) is 0 Å². The minimum absolute atomic E-state index is 0.520. The van der Waals surface area contributed by atoms with E-state index in [2.05, 4.69) is 26.5 Å². The van der Waals surface area contributed by atoms with E-state index in [1.54, 1.807) is 6.08 Å². The van der Waals surface area contributed by atoms with Crippen LogP contribution < -0.4 is 0 Å². The predicted molar refractivity (Wildman–Crippen MR) is 76.7 cm³/mol. The van der Waals surface area contributed by atoms with E-state index in [1.165, 1.54) is 19.8 Å². The molecule has 1 unspecified atom stereocenters. The third kappa shape index (κ3) is 6.49. The van der Waals surface area contributed by atoms with Gasteiger partial charge >= 0.3 is 6.72 Å². The average molecular weight is 278 g/mol. The predicted octanol–water partition coefficient (Wildman–Crippen LogP) is 4.21. The third-order valence-electron chi connectivity index (χ3n) is 2.39. The Kier molecular flexibility index (Phi) is 7.45. The fourth-order valence-electron chi connectivity index (χ4n) is 1.24. The van der Waals surface area contributed by atoms with Crippen LogP contribution in [0.3, 0.4) is 0 Å². The van der Waals surface area contributed by atoms with Crippen LogP contribution in [0.2, 0.25) is 0 Å². The van der Waals surface area contributed by atoms with Crippen LogP contribution in [0.1, 0.15) is 33.6 Å². The Morgan fingerprint density at radius 3 is 2.24 bits per heavy atom. The van der Waals surface area contributed by atoms with Crippen molar-refractivity contribution < 1.29 is 13.6 Å². The zero-order valence-corrected chi connectivity index (χ0v) is 13.1. The van der Waals surface area contributed by atoms with E-state index < -0.39 is 12.3 Å². The second-order valence-electron chi connectivity index (χ2n) is 4.24. The minimum atomic E-state index is -2.64. The molecule has 0 N–H and O–H groups in total. The summed E-state index contributed by atoms with van der Waals surface area (Å²) in [5.41, 5.74) is 0.766. The van der Waals surface area contributed by atoms with E-state index in [4.69, 9.17) is 25.4 Å². The van der Waals surface area contributed by atoms with E-state index in [1.807, 2.05) is 6.92 Å². The summed E-state index contributed by atoms with van der Waals surface area (Å²) in [4.78, 5) is 0. The maximum absolute atomic E-state index is 5.79. The summed E-state index contributed by atoms with van der Waals surface area (Å²) in [7, 11) is 3.01. The van der Waals surface area contributed by atoms with Gasteiger partial charge in [-0.25, -0.2) is 0 Å². The van der Waals surface area contributed by atoms with Gasteiger partial charge in [0.15, 0.2) is 0 Å². The second kappa shape index (κ2) is 7.45. The van der Waals surface area contributed by atoms with E-state index in [0.29, 0.717) is 0 Å². The van der Waals surface area contributed by atoms with Crippen LogP contribution in [0.15, 0.2) is 24.3 Å². The third-order valence-corrected chi connectivity index (χ3v) is 5.05. The number of hydrogen-bond acceptors (Lipinski definition) is 4. The Labute approximate surface area is 110 Å². The molecule has 0 aromatic rings. The van der Waals surface area contributed by atoms with Gasteiger partial charge < -0.3 is 9.05 Å². The first-order chi connectivity index (χ1) is 7.81. The second-order valence-corrected chi connectivity index (χ2v) is 7.39. The first kappa shape index (κ1) is 17.0. The molecule has 0 aliphatic carbocycles. The minimum Gasteiger partial charge on any atom is -0.312 e. The molecular weight excluding hydrogens is 255 g/mol. The molecule has 3 nitrogen and oxygen atoms in total. The lowest BCUT2D eigenvalue weighted by atomic mass is 10.00. The Morgan fingerprint density at radius 1 is 1.35 bits per heavy atom. The van der Waals surface area contributed by atoms with E-state index >= 15 is 0 Å². The zero-order chi connectivity index (χ0) is 13.5. The van der Waals surface area contributed by atoms with Gasteiger partial charge in [-0.3, -0.25) is 4.52 Å². The van der Waals surface area contributed by atoms with Crippen LogP contribution in [0.4, 0.5) is 0 Å². The van der Waals surface area contributed by atoms with E-state index in [9.17, 15) is 0 Å². The van der Waals surface area contributed by atoms with Crippen LogP contribution in [0.25, 0.3) is 0 Å². The van der Waals surface area contributed by atoms with Gasteiger partial charge in [-0.05, 0) is 45.4 Å². The quantitative estimate of drug-likeness (QED) is 0.491. The summed E-state index contributed by atoms with van der Waals surface area (Å²) in [6, 6.07) is 0. The number of allylic oxidation sites excluding steroid dienone is 2. The first-order valence-electron chi connectivity index (χ1n) is 5.50. The highest BCUT2D eigenvalue weighted by Gasteiger charge is 2.30. The Bertz CT molecular complexity index is 316. The van der Waals surface area contributed by atoms with Crippen molar-refractivity contribution in [2.75, 3.05) is 14.2 Å². The summed E-state index contributed by atoms with van der Waals surface area (Å²) in [6.45, 7) is 7.24. The molecule has 0 heterocycles. The molecule has 0 aliphatic heterocycles. The number of rotatable bonds is 8. The summed E-state index contributed by atoms with van der Waals surface area (Å²) >= 11 is 5.20. The van der Waals surface area contributed by atoms with E-state index in [0.717, 1.165) is 12.8 Å². The molecule has 0 saturated carbocycles. The lowest BCUT2D eigenvalue weighted by Crippen LogP contribution is -2.24. The molecule has 0 bridgehead atoms. The number of hydrogen-bond donors (Lipinski definition) is 0. The summed E-state index contributed by atoms with van der Waals surface area (Å²) < 4.78 is 16.0. The molecule has 0 saturated heterocycles. The largest absolute Gasteiger partial charge is 0.327 e. The summed E-state index contributed by atoms with van der Waals surface area (Å²) in [6.07, 6.45) is 5.62. The van der Waals surface area contributed by atoms with Gasteiger partial charge in [0.25, 0.3) is 0 Å². The molecule has 0 rings (SSSR count). The molecule has 0 aromatic heterocycles. The van der Waals surface area contributed by atoms with Crippen molar-refractivity contribution >= 4 is 18.5 Å². The van der Waals surface area contributed by atoms with Crippen molar-refractivity contribution in [2.45, 2.75) is 39.2 Å². The molecule has 0 aliphatic rings. The van der Waals surface area contributed by atoms with E-state index in [-0.39, 0.29) is 0 Å². The van der Waals surface area contributed by atoms with Crippen LogP contribution in [-0.4, -0.2) is 19.8 Å². The highest BCUT2D eigenvalue weighted by molar-refractivity contribution is 8.07. The fourth-order valence-corrected chi connectivity index (χ4v) is 2.72. The van der Waals surface area contributed by atoms with Crippen molar-refractivity contribution in [3.05, 3.63) is 24.3 Å². The molecule has 1 atom stereocenters. The topological polar surface area (TPSA) is 27.7 Å². The van der Waals surface area contributed by atoms with Crippen LogP contribution in [0, 0.1) is 0 Å². The first-order valence-corrected chi connectivity index (χ1v) is 8.05. The Hall–Kier alpha value is 0.01000. The molecule has 0 radical (unpaired) electrons. The van der Waals surface area contributed by atoms with Gasteiger partial charge in [-0.1, -0.05) is 17.7 Å². The zero-order valence-electron chi connectivity index (χ0n) is 11.4. The maximum Gasteiger partial charge on any atom is 0.327 e. The van der Waals surface area contributed by atoms with Crippen LogP contribution in [-0.2, 0) is 25.4 Å². The molecule has 17 heavy (non-hydrogen) atoms. The standard InChI is InChI=1S/C12H23O3PS/c1-7-12(4,10-8-9-11(2)3)15-16(17,13-5)14-6/h7,9H,1,8,10H2,2-6H3. The van der Waals surface area contributed by atoms with Crippen molar-refractivity contribution in [3.63, 3.8) is 0 Å². The van der Waals surface area contributed by atoms with Crippen LogP contribution in [0.5, 0.6) is 0 Å². The SMILES string of the molecule is C=CC(C)(CCC=C(C)C)OP(=S)(OC)OC. The Balaban J connectivity index is 4.62. The summed E-state index contributed by atoms with van der Waals surface area (Å²) in [5, 5.41) is 0. The van der Waals surface area contributed by atoms with Crippen LogP contribution >= 0.6 is 6.72 Å². The van der Waals surface area contributed by atoms with Gasteiger partial charge in [-0.2, -0.15) is 0 Å². The monoisotopic (exact) mass is 278 g/mol. The smallest absolute Gasteiger partial charge is 0.312 e. The Morgan fingerprint density at radius 2 is 1.88 bits per heavy atom. The lowest BCUT2D eigenvalue weighted by molar-refractivity contribution is 0.0917. The average Bonchev–Trinajstić information content (AvgIpc) is 2.28. The molecule has 0 amide bonds. The van der Waals surface area contributed by atoms with Gasteiger partial charge in [0, 0.05) is 14.2 Å². The van der Waals surface area contributed by atoms with Crippen molar-refractivity contribution in [1.29, 1.82) is 0 Å². The van der Waals surface area contributed by atoms with Crippen molar-refractivity contribution in [3.8, 4) is 0 Å². The van der Waals surface area contributed by atoms with Gasteiger partial charge in [-0.15, -0.1) is 6.58 Å². The molecule has 0 fully saturated rings. The maximum atomic E-state index is 5.79. The lowest BCUT2D eigenvalue weighted by Gasteiger charge is -2.31. The molecule has 0 aromatic carbocycles. The molecule has 0 spiro atoms. The highest BCUT2D eigenvalue weighted by Crippen LogP contribution is 2.52. The molecule has 5 heteroatoms. The molecular formula is C12H23O3PS. The fraction of sp³-hybridized carbons (Fsp3) is 0.667. The van der Waals surface area contributed by atoms with Gasteiger partial charge in [0.05, 0.1) is 5.60 Å². The molecule has 100 valence electrons.